The summed E-state index contributed by atoms with van der Waals surface area (Å²) in [5.74, 6) is -0.221. The van der Waals surface area contributed by atoms with Crippen molar-refractivity contribution in [2.45, 2.75) is 26.3 Å². The maximum absolute atomic E-state index is 14.0. The first-order chi connectivity index (χ1) is 7.61. The molecule has 1 aromatic rings. The number of nitrogens with zero attached hydrogens (tertiary/aromatic N) is 1. The zero-order valence-corrected chi connectivity index (χ0v) is 11.3. The smallest absolute Gasteiger partial charge is 0.160 e. The van der Waals surface area contributed by atoms with Crippen LogP contribution in [0.3, 0.4) is 0 Å². The van der Waals surface area contributed by atoms with Crippen LogP contribution in [0.5, 0.6) is 0 Å². The Morgan fingerprint density at radius 1 is 1.44 bits per heavy atom. The van der Waals surface area contributed by atoms with Gasteiger partial charge in [-0.1, -0.05) is 19.4 Å². The number of hydrogen-bond acceptors (Lipinski definition) is 2. The highest BCUT2D eigenvalue weighted by Gasteiger charge is 2.13. The molecular formula is C12H18BrFN2. The topological polar surface area (TPSA) is 29.3 Å². The van der Waals surface area contributed by atoms with Crippen LogP contribution >= 0.6 is 15.9 Å². The molecule has 1 aromatic carbocycles. The standard InChI is InChI=1S/C12H18BrFN2/c1-3-4-7-16(2)10-6-5-9(8-15)11(13)12(10)14/h5-6H,3-4,7-8,15H2,1-2H3. The van der Waals surface area contributed by atoms with Gasteiger partial charge in [-0.3, -0.25) is 0 Å². The molecule has 0 fully saturated rings. The van der Waals surface area contributed by atoms with Gasteiger partial charge in [-0.25, -0.2) is 4.39 Å². The van der Waals surface area contributed by atoms with Crippen molar-refractivity contribution >= 4 is 21.6 Å². The van der Waals surface area contributed by atoms with Crippen molar-refractivity contribution in [2.75, 3.05) is 18.5 Å². The number of hydrogen-bond donors (Lipinski definition) is 1. The van der Waals surface area contributed by atoms with E-state index in [1.165, 1.54) is 0 Å². The molecule has 0 aromatic heterocycles. The van der Waals surface area contributed by atoms with Crippen molar-refractivity contribution in [2.24, 2.45) is 5.73 Å². The first-order valence-electron chi connectivity index (χ1n) is 5.49. The van der Waals surface area contributed by atoms with Crippen molar-refractivity contribution in [3.8, 4) is 0 Å². The van der Waals surface area contributed by atoms with Crippen LogP contribution in [0.25, 0.3) is 0 Å². The van der Waals surface area contributed by atoms with Gasteiger partial charge in [-0.15, -0.1) is 0 Å². The molecule has 16 heavy (non-hydrogen) atoms. The number of nitrogens with two attached hydrogens (primary N) is 1. The van der Waals surface area contributed by atoms with E-state index in [2.05, 4.69) is 22.9 Å². The molecule has 0 aliphatic carbocycles. The van der Waals surface area contributed by atoms with Crippen molar-refractivity contribution in [1.29, 1.82) is 0 Å². The van der Waals surface area contributed by atoms with Crippen molar-refractivity contribution in [3.05, 3.63) is 28.0 Å². The second kappa shape index (κ2) is 6.21. The van der Waals surface area contributed by atoms with E-state index in [1.54, 1.807) is 6.07 Å². The maximum Gasteiger partial charge on any atom is 0.160 e. The minimum absolute atomic E-state index is 0.221. The molecule has 4 heteroatoms. The van der Waals surface area contributed by atoms with Crippen molar-refractivity contribution in [3.63, 3.8) is 0 Å². The van der Waals surface area contributed by atoms with Crippen LogP contribution in [-0.2, 0) is 6.54 Å². The molecule has 0 amide bonds. The lowest BCUT2D eigenvalue weighted by molar-refractivity contribution is 0.610. The molecule has 0 atom stereocenters. The number of halogens is 2. The van der Waals surface area contributed by atoms with Gasteiger partial charge in [0, 0.05) is 20.1 Å². The average Bonchev–Trinajstić information content (AvgIpc) is 2.29. The average molecular weight is 289 g/mol. The second-order valence-electron chi connectivity index (χ2n) is 3.85. The first kappa shape index (κ1) is 13.5. The highest BCUT2D eigenvalue weighted by Crippen LogP contribution is 2.28. The Labute approximate surface area is 105 Å². The monoisotopic (exact) mass is 288 g/mol. The van der Waals surface area contributed by atoms with Gasteiger partial charge in [0.15, 0.2) is 5.82 Å². The summed E-state index contributed by atoms with van der Waals surface area (Å²) in [6.45, 7) is 3.33. The van der Waals surface area contributed by atoms with E-state index in [-0.39, 0.29) is 5.82 Å². The normalized spacial score (nSPS) is 10.6. The Morgan fingerprint density at radius 3 is 2.69 bits per heavy atom. The Kier molecular flexibility index (Phi) is 5.22. The quantitative estimate of drug-likeness (QED) is 0.901. The van der Waals surface area contributed by atoms with E-state index in [9.17, 15) is 4.39 Å². The molecule has 90 valence electrons. The third-order valence-corrected chi connectivity index (χ3v) is 3.48. The molecule has 2 N–H and O–H groups in total. The molecule has 0 saturated carbocycles. The lowest BCUT2D eigenvalue weighted by atomic mass is 10.2. The highest BCUT2D eigenvalue weighted by molar-refractivity contribution is 9.10. The Balaban J connectivity index is 2.93. The lowest BCUT2D eigenvalue weighted by Crippen LogP contribution is -2.20. The summed E-state index contributed by atoms with van der Waals surface area (Å²) in [7, 11) is 1.91. The maximum atomic E-state index is 14.0. The summed E-state index contributed by atoms with van der Waals surface area (Å²) in [6.07, 6.45) is 2.17. The molecule has 0 saturated heterocycles. The molecule has 0 heterocycles. The summed E-state index contributed by atoms with van der Waals surface area (Å²) in [5, 5.41) is 0. The van der Waals surface area contributed by atoms with E-state index >= 15 is 0 Å². The molecule has 0 radical (unpaired) electrons. The van der Waals surface area contributed by atoms with Crippen LogP contribution in [0.1, 0.15) is 25.3 Å². The van der Waals surface area contributed by atoms with Crippen molar-refractivity contribution in [1.82, 2.24) is 0 Å². The second-order valence-corrected chi connectivity index (χ2v) is 4.64. The summed E-state index contributed by atoms with van der Waals surface area (Å²) in [5.41, 5.74) is 6.93. The Bertz CT molecular complexity index is 355. The van der Waals surface area contributed by atoms with Gasteiger partial charge in [-0.05, 0) is 34.0 Å². The van der Waals surface area contributed by atoms with Crippen LogP contribution in [0.15, 0.2) is 16.6 Å². The lowest BCUT2D eigenvalue weighted by Gasteiger charge is -2.20. The fraction of sp³-hybridized carbons (Fsp3) is 0.500. The number of rotatable bonds is 5. The van der Waals surface area contributed by atoms with E-state index in [0.29, 0.717) is 16.7 Å². The van der Waals surface area contributed by atoms with Gasteiger partial charge in [0.2, 0.25) is 0 Å². The predicted octanol–water partition coefficient (Wildman–Crippen LogP) is 3.28. The van der Waals surface area contributed by atoms with Gasteiger partial charge in [0.25, 0.3) is 0 Å². The predicted molar refractivity (Wildman–Crippen MR) is 70.2 cm³/mol. The molecule has 0 unspecified atom stereocenters. The number of benzene rings is 1. The highest BCUT2D eigenvalue weighted by atomic mass is 79.9. The van der Waals surface area contributed by atoms with Gasteiger partial charge < -0.3 is 10.6 Å². The molecule has 0 bridgehead atoms. The van der Waals surface area contributed by atoms with E-state index in [0.717, 1.165) is 24.9 Å². The van der Waals surface area contributed by atoms with Crippen LogP contribution in [0, 0.1) is 5.82 Å². The summed E-state index contributed by atoms with van der Waals surface area (Å²) < 4.78 is 14.5. The molecular weight excluding hydrogens is 271 g/mol. The number of anilines is 1. The zero-order chi connectivity index (χ0) is 12.1. The van der Waals surface area contributed by atoms with Gasteiger partial charge in [0.05, 0.1) is 10.2 Å². The molecule has 2 nitrogen and oxygen atoms in total. The van der Waals surface area contributed by atoms with Crippen LogP contribution in [0.2, 0.25) is 0 Å². The third-order valence-electron chi connectivity index (χ3n) is 2.62. The van der Waals surface area contributed by atoms with E-state index < -0.39 is 0 Å². The van der Waals surface area contributed by atoms with E-state index in [1.807, 2.05) is 18.0 Å². The van der Waals surface area contributed by atoms with Crippen LogP contribution in [0.4, 0.5) is 10.1 Å². The molecule has 1 rings (SSSR count). The molecule has 0 aliphatic rings. The summed E-state index contributed by atoms with van der Waals surface area (Å²) >= 11 is 3.25. The Hall–Kier alpha value is -0.610. The Morgan fingerprint density at radius 2 is 2.12 bits per heavy atom. The van der Waals surface area contributed by atoms with Crippen LogP contribution in [-0.4, -0.2) is 13.6 Å². The fourth-order valence-corrected chi connectivity index (χ4v) is 2.04. The third kappa shape index (κ3) is 2.95. The van der Waals surface area contributed by atoms with Gasteiger partial charge in [-0.2, -0.15) is 0 Å². The van der Waals surface area contributed by atoms with E-state index in [4.69, 9.17) is 5.73 Å². The van der Waals surface area contributed by atoms with Gasteiger partial charge >= 0.3 is 0 Å². The SMILES string of the molecule is CCCCN(C)c1ccc(CN)c(Br)c1F. The van der Waals surface area contributed by atoms with Crippen LogP contribution < -0.4 is 10.6 Å². The first-order valence-corrected chi connectivity index (χ1v) is 6.29. The summed E-state index contributed by atoms with van der Waals surface area (Å²) in [4.78, 5) is 1.93. The van der Waals surface area contributed by atoms with Gasteiger partial charge in [0.1, 0.15) is 0 Å². The number of unbranched alkanes of at least 4 members (excludes halogenated alkanes) is 1. The minimum atomic E-state index is -0.221. The largest absolute Gasteiger partial charge is 0.372 e. The molecule has 0 spiro atoms. The van der Waals surface area contributed by atoms with Crippen molar-refractivity contribution < 1.29 is 4.39 Å². The summed E-state index contributed by atoms with van der Waals surface area (Å²) in [6, 6.07) is 3.66. The fourth-order valence-electron chi connectivity index (χ4n) is 1.55. The minimum Gasteiger partial charge on any atom is -0.372 e. The zero-order valence-electron chi connectivity index (χ0n) is 9.76. The molecule has 0 aliphatic heterocycles.